The average Bonchev–Trinajstić information content (AvgIpc) is 2.32. The van der Waals surface area contributed by atoms with Crippen LogP contribution in [0.1, 0.15) is 31.7 Å². The summed E-state index contributed by atoms with van der Waals surface area (Å²) < 4.78 is 1.04. The second-order valence-corrected chi connectivity index (χ2v) is 6.00. The lowest BCUT2D eigenvalue weighted by Gasteiger charge is -2.41. The van der Waals surface area contributed by atoms with Gasteiger partial charge in [-0.15, -0.1) is 0 Å². The molecule has 98 valence electrons. The number of likely N-dealkylation sites (tertiary alicyclic amines) is 1. The van der Waals surface area contributed by atoms with Gasteiger partial charge in [0.05, 0.1) is 0 Å². The second-order valence-electron chi connectivity index (χ2n) is 5.09. The van der Waals surface area contributed by atoms with Crippen molar-refractivity contribution in [3.05, 3.63) is 34.3 Å². The summed E-state index contributed by atoms with van der Waals surface area (Å²) in [7, 11) is 0. The lowest BCUT2D eigenvalue weighted by Crippen LogP contribution is -2.54. The fourth-order valence-corrected chi connectivity index (χ4v) is 2.97. The van der Waals surface area contributed by atoms with Crippen LogP contribution in [0.4, 0.5) is 0 Å². The predicted octanol–water partition coefficient (Wildman–Crippen LogP) is 3.28. The van der Waals surface area contributed by atoms with Gasteiger partial charge in [0.2, 0.25) is 0 Å². The highest BCUT2D eigenvalue weighted by Gasteiger charge is 2.41. The minimum Gasteiger partial charge on any atom is -0.480 e. The van der Waals surface area contributed by atoms with Gasteiger partial charge in [-0.05, 0) is 50.4 Å². The molecule has 4 heteroatoms. The molecule has 18 heavy (non-hydrogen) atoms. The van der Waals surface area contributed by atoms with E-state index in [1.807, 2.05) is 25.1 Å². The molecular weight excluding hydrogens is 294 g/mol. The first-order chi connectivity index (χ1) is 8.52. The maximum absolute atomic E-state index is 11.5. The molecule has 1 atom stereocenters. The lowest BCUT2D eigenvalue weighted by atomic mass is 9.88. The number of hydrogen-bond acceptors (Lipinski definition) is 2. The van der Waals surface area contributed by atoms with Crippen LogP contribution in [0.3, 0.4) is 0 Å². The van der Waals surface area contributed by atoms with Crippen LogP contribution in [0, 0.1) is 0 Å². The van der Waals surface area contributed by atoms with Gasteiger partial charge in [0.1, 0.15) is 5.54 Å². The molecule has 0 saturated carbocycles. The number of carboxylic acid groups (broad SMARTS) is 1. The van der Waals surface area contributed by atoms with Crippen molar-refractivity contribution >= 4 is 21.9 Å². The minimum atomic E-state index is -0.722. The van der Waals surface area contributed by atoms with Crippen molar-refractivity contribution < 1.29 is 9.90 Å². The molecule has 0 bridgehead atoms. The van der Waals surface area contributed by atoms with Gasteiger partial charge in [-0.2, -0.15) is 0 Å². The highest BCUT2D eigenvalue weighted by atomic mass is 79.9. The third kappa shape index (κ3) is 2.75. The Hall–Kier alpha value is -0.870. The van der Waals surface area contributed by atoms with Crippen LogP contribution < -0.4 is 0 Å². The van der Waals surface area contributed by atoms with Crippen LogP contribution in [-0.2, 0) is 11.3 Å². The largest absolute Gasteiger partial charge is 0.480 e. The summed E-state index contributed by atoms with van der Waals surface area (Å²) >= 11 is 3.45. The van der Waals surface area contributed by atoms with Crippen LogP contribution >= 0.6 is 15.9 Å². The number of halogens is 1. The number of rotatable bonds is 3. The van der Waals surface area contributed by atoms with E-state index in [4.69, 9.17) is 0 Å². The zero-order valence-corrected chi connectivity index (χ0v) is 12.1. The van der Waals surface area contributed by atoms with E-state index >= 15 is 0 Å². The fourth-order valence-electron chi connectivity index (χ4n) is 2.53. The van der Waals surface area contributed by atoms with Gasteiger partial charge in [0.25, 0.3) is 0 Å². The van der Waals surface area contributed by atoms with Gasteiger partial charge in [0.15, 0.2) is 0 Å². The first-order valence-corrected chi connectivity index (χ1v) is 7.04. The van der Waals surface area contributed by atoms with E-state index in [0.717, 1.165) is 35.8 Å². The van der Waals surface area contributed by atoms with Gasteiger partial charge in [0, 0.05) is 11.0 Å². The van der Waals surface area contributed by atoms with E-state index in [1.54, 1.807) is 0 Å². The Morgan fingerprint density at radius 2 is 2.28 bits per heavy atom. The van der Waals surface area contributed by atoms with Crippen molar-refractivity contribution in [3.8, 4) is 0 Å². The number of carbonyl (C=O) groups is 1. The van der Waals surface area contributed by atoms with E-state index in [1.165, 1.54) is 0 Å². The quantitative estimate of drug-likeness (QED) is 0.931. The molecule has 0 spiro atoms. The molecule has 1 unspecified atom stereocenters. The number of aliphatic carboxylic acids is 1. The van der Waals surface area contributed by atoms with E-state index in [0.29, 0.717) is 6.54 Å². The summed E-state index contributed by atoms with van der Waals surface area (Å²) in [6, 6.07) is 8.07. The van der Waals surface area contributed by atoms with Gasteiger partial charge >= 0.3 is 5.97 Å². The number of carboxylic acids is 1. The third-order valence-corrected chi connectivity index (χ3v) is 4.26. The minimum absolute atomic E-state index is 0.697. The molecule has 1 aromatic rings. The monoisotopic (exact) mass is 311 g/mol. The van der Waals surface area contributed by atoms with Crippen LogP contribution in [0.5, 0.6) is 0 Å². The molecule has 3 nitrogen and oxygen atoms in total. The van der Waals surface area contributed by atoms with Crippen molar-refractivity contribution in [2.45, 2.75) is 38.3 Å². The molecule has 0 aromatic heterocycles. The lowest BCUT2D eigenvalue weighted by molar-refractivity contribution is -0.153. The Morgan fingerprint density at radius 3 is 2.94 bits per heavy atom. The molecule has 0 aliphatic carbocycles. The molecular formula is C14H18BrNO2. The molecule has 0 radical (unpaired) electrons. The zero-order valence-electron chi connectivity index (χ0n) is 10.5. The summed E-state index contributed by atoms with van der Waals surface area (Å²) in [5.74, 6) is -0.711. The summed E-state index contributed by atoms with van der Waals surface area (Å²) in [5, 5.41) is 9.45. The van der Waals surface area contributed by atoms with Gasteiger partial charge in [-0.1, -0.05) is 28.1 Å². The SMILES string of the molecule is CC1(C(=O)O)CCCCN1Cc1cccc(Br)c1. The average molecular weight is 312 g/mol. The van der Waals surface area contributed by atoms with Crippen molar-refractivity contribution in [1.29, 1.82) is 0 Å². The van der Waals surface area contributed by atoms with E-state index in [9.17, 15) is 9.90 Å². The summed E-state index contributed by atoms with van der Waals surface area (Å²) in [6.45, 7) is 3.39. The van der Waals surface area contributed by atoms with Crippen molar-refractivity contribution in [3.63, 3.8) is 0 Å². The van der Waals surface area contributed by atoms with Gasteiger partial charge < -0.3 is 5.11 Å². The number of hydrogen-bond donors (Lipinski definition) is 1. The molecule has 0 amide bonds. The standard InChI is InChI=1S/C14H18BrNO2/c1-14(13(17)18)7-2-3-8-16(14)10-11-5-4-6-12(15)9-11/h4-6,9H,2-3,7-8,10H2,1H3,(H,17,18). The molecule has 1 fully saturated rings. The van der Waals surface area contributed by atoms with Crippen LogP contribution in [0.15, 0.2) is 28.7 Å². The number of piperidine rings is 1. The molecule has 1 heterocycles. The first kappa shape index (κ1) is 13.6. The summed E-state index contributed by atoms with van der Waals surface area (Å²) in [5.41, 5.74) is 0.430. The fraction of sp³-hybridized carbons (Fsp3) is 0.500. The Bertz CT molecular complexity index is 449. The molecule has 2 rings (SSSR count). The van der Waals surface area contributed by atoms with E-state index in [-0.39, 0.29) is 0 Å². The predicted molar refractivity (Wildman–Crippen MR) is 74.4 cm³/mol. The summed E-state index contributed by atoms with van der Waals surface area (Å²) in [6.07, 6.45) is 2.81. The summed E-state index contributed by atoms with van der Waals surface area (Å²) in [4.78, 5) is 13.6. The maximum Gasteiger partial charge on any atom is 0.323 e. The highest BCUT2D eigenvalue weighted by molar-refractivity contribution is 9.10. The highest BCUT2D eigenvalue weighted by Crippen LogP contribution is 2.30. The first-order valence-electron chi connectivity index (χ1n) is 6.25. The maximum atomic E-state index is 11.5. The Labute approximate surface area is 116 Å². The van der Waals surface area contributed by atoms with Crippen molar-refractivity contribution in [2.75, 3.05) is 6.54 Å². The Kier molecular flexibility index (Phi) is 4.07. The van der Waals surface area contributed by atoms with Crippen LogP contribution in [0.25, 0.3) is 0 Å². The Balaban J connectivity index is 2.18. The number of benzene rings is 1. The van der Waals surface area contributed by atoms with Crippen molar-refractivity contribution in [2.24, 2.45) is 0 Å². The van der Waals surface area contributed by atoms with Crippen molar-refractivity contribution in [1.82, 2.24) is 4.90 Å². The van der Waals surface area contributed by atoms with Gasteiger partial charge in [-0.3, -0.25) is 9.69 Å². The number of nitrogens with zero attached hydrogens (tertiary/aromatic N) is 1. The van der Waals surface area contributed by atoms with E-state index < -0.39 is 11.5 Å². The van der Waals surface area contributed by atoms with E-state index in [2.05, 4.69) is 26.9 Å². The third-order valence-electron chi connectivity index (χ3n) is 3.76. The molecule has 1 aliphatic heterocycles. The molecule has 1 aromatic carbocycles. The van der Waals surface area contributed by atoms with Gasteiger partial charge in [-0.25, -0.2) is 0 Å². The molecule has 1 saturated heterocycles. The molecule has 1 aliphatic rings. The van der Waals surface area contributed by atoms with Crippen LogP contribution in [-0.4, -0.2) is 28.1 Å². The normalized spacial score (nSPS) is 25.0. The zero-order chi connectivity index (χ0) is 13.2. The topological polar surface area (TPSA) is 40.5 Å². The molecule has 1 N–H and O–H groups in total. The smallest absolute Gasteiger partial charge is 0.323 e. The Morgan fingerprint density at radius 1 is 1.50 bits per heavy atom. The second kappa shape index (κ2) is 5.41. The van der Waals surface area contributed by atoms with Crippen LogP contribution in [0.2, 0.25) is 0 Å².